The summed E-state index contributed by atoms with van der Waals surface area (Å²) >= 11 is 0. The Balaban J connectivity index is 1.91. The summed E-state index contributed by atoms with van der Waals surface area (Å²) < 4.78 is 33.5. The van der Waals surface area contributed by atoms with E-state index in [1.807, 2.05) is 62.4 Å². The Kier molecular flexibility index (Phi) is 13.6. The van der Waals surface area contributed by atoms with Crippen LogP contribution in [0.2, 0.25) is 0 Å². The summed E-state index contributed by atoms with van der Waals surface area (Å²) in [7, 11) is 0. The SMILES string of the molecule is C=C(C)C(=O)OCCOC(CC)Oc1ccc(C(C)(C)c2ccc(OC(CC)OCCOC(=O)C(=C)C)cc2)cc1. The zero-order chi connectivity index (χ0) is 30.4. The van der Waals surface area contributed by atoms with Crippen molar-refractivity contribution in [2.24, 2.45) is 0 Å². The van der Waals surface area contributed by atoms with Gasteiger partial charge >= 0.3 is 11.9 Å². The van der Waals surface area contributed by atoms with Crippen LogP contribution in [0.3, 0.4) is 0 Å². The van der Waals surface area contributed by atoms with Gasteiger partial charge in [-0.3, -0.25) is 0 Å². The van der Waals surface area contributed by atoms with Gasteiger partial charge in [-0.1, -0.05) is 65.1 Å². The van der Waals surface area contributed by atoms with Crippen molar-refractivity contribution in [1.29, 1.82) is 0 Å². The first-order chi connectivity index (χ1) is 19.5. The molecule has 0 N–H and O–H groups in total. The molecule has 0 bridgehead atoms. The fourth-order valence-electron chi connectivity index (χ4n) is 3.72. The Morgan fingerprint density at radius 1 is 0.659 bits per heavy atom. The lowest BCUT2D eigenvalue weighted by atomic mass is 9.78. The third kappa shape index (κ3) is 11.1. The summed E-state index contributed by atoms with van der Waals surface area (Å²) in [6, 6.07) is 15.9. The Hall–Kier alpha value is -3.62. The zero-order valence-electron chi connectivity index (χ0n) is 25.2. The van der Waals surface area contributed by atoms with Crippen LogP contribution in [0.25, 0.3) is 0 Å². The Morgan fingerprint density at radius 3 is 1.29 bits per heavy atom. The number of carbonyl (C=O) groups is 2. The molecule has 0 aliphatic carbocycles. The van der Waals surface area contributed by atoms with Gasteiger partial charge in [0.2, 0.25) is 0 Å². The van der Waals surface area contributed by atoms with Crippen molar-refractivity contribution in [3.05, 3.63) is 84.0 Å². The van der Waals surface area contributed by atoms with E-state index >= 15 is 0 Å². The number of hydrogen-bond acceptors (Lipinski definition) is 8. The molecule has 8 nitrogen and oxygen atoms in total. The molecule has 0 heterocycles. The van der Waals surface area contributed by atoms with Crippen molar-refractivity contribution >= 4 is 11.9 Å². The van der Waals surface area contributed by atoms with Crippen LogP contribution in [-0.4, -0.2) is 50.9 Å². The molecule has 2 aromatic carbocycles. The van der Waals surface area contributed by atoms with Gasteiger partial charge in [-0.05, 0) is 49.2 Å². The minimum atomic E-state index is -0.452. The highest BCUT2D eigenvalue weighted by molar-refractivity contribution is 5.87. The van der Waals surface area contributed by atoms with Crippen molar-refractivity contribution in [2.45, 2.75) is 72.4 Å². The maximum absolute atomic E-state index is 11.5. The molecule has 2 unspecified atom stereocenters. The quantitative estimate of drug-likeness (QED) is 0.0870. The van der Waals surface area contributed by atoms with Crippen LogP contribution in [0.4, 0.5) is 0 Å². The molecule has 0 aliphatic heterocycles. The van der Waals surface area contributed by atoms with E-state index < -0.39 is 24.5 Å². The van der Waals surface area contributed by atoms with E-state index in [-0.39, 0.29) is 31.8 Å². The van der Waals surface area contributed by atoms with Gasteiger partial charge in [0, 0.05) is 29.4 Å². The zero-order valence-corrected chi connectivity index (χ0v) is 25.2. The molecule has 0 amide bonds. The summed E-state index contributed by atoms with van der Waals surface area (Å²) in [5, 5.41) is 0. The molecule has 0 fully saturated rings. The smallest absolute Gasteiger partial charge is 0.333 e. The van der Waals surface area contributed by atoms with Crippen LogP contribution in [0, 0.1) is 0 Å². The lowest BCUT2D eigenvalue weighted by molar-refractivity contribution is -0.145. The number of hydrogen-bond donors (Lipinski definition) is 0. The van der Waals surface area contributed by atoms with E-state index in [0.29, 0.717) is 35.5 Å². The largest absolute Gasteiger partial charge is 0.465 e. The molecule has 2 aromatic rings. The minimum Gasteiger partial charge on any atom is -0.465 e. The van der Waals surface area contributed by atoms with Crippen LogP contribution < -0.4 is 9.47 Å². The molecular weight excluding hydrogens is 524 g/mol. The van der Waals surface area contributed by atoms with E-state index in [0.717, 1.165) is 11.1 Å². The highest BCUT2D eigenvalue weighted by Crippen LogP contribution is 2.33. The number of carbonyl (C=O) groups excluding carboxylic acids is 2. The van der Waals surface area contributed by atoms with Crippen molar-refractivity contribution in [1.82, 2.24) is 0 Å². The maximum Gasteiger partial charge on any atom is 0.333 e. The fraction of sp³-hybridized carbons (Fsp3) is 0.455. The van der Waals surface area contributed by atoms with Crippen LogP contribution in [0.5, 0.6) is 11.5 Å². The van der Waals surface area contributed by atoms with Gasteiger partial charge in [-0.2, -0.15) is 0 Å². The Labute approximate surface area is 244 Å². The number of rotatable bonds is 18. The molecule has 0 saturated heterocycles. The Bertz CT molecular complexity index is 1050. The van der Waals surface area contributed by atoms with E-state index in [1.54, 1.807) is 13.8 Å². The summed E-state index contributed by atoms with van der Waals surface area (Å²) in [6.45, 7) is 19.3. The molecular formula is C33H44O8. The summed E-state index contributed by atoms with van der Waals surface area (Å²) in [5.41, 5.74) is 2.69. The second-order valence-corrected chi connectivity index (χ2v) is 10.2. The van der Waals surface area contributed by atoms with Gasteiger partial charge in [0.1, 0.15) is 24.7 Å². The van der Waals surface area contributed by atoms with Crippen LogP contribution in [0.1, 0.15) is 65.5 Å². The molecule has 41 heavy (non-hydrogen) atoms. The van der Waals surface area contributed by atoms with E-state index in [1.165, 1.54) is 0 Å². The first-order valence-corrected chi connectivity index (χ1v) is 13.9. The van der Waals surface area contributed by atoms with Crippen LogP contribution >= 0.6 is 0 Å². The topological polar surface area (TPSA) is 89.5 Å². The van der Waals surface area contributed by atoms with Gasteiger partial charge in [0.15, 0.2) is 12.6 Å². The summed E-state index contributed by atoms with van der Waals surface area (Å²) in [6.07, 6.45) is 0.379. The molecule has 8 heteroatoms. The monoisotopic (exact) mass is 568 g/mol. The van der Waals surface area contributed by atoms with E-state index in [2.05, 4.69) is 27.0 Å². The van der Waals surface area contributed by atoms with Crippen molar-refractivity contribution in [3.63, 3.8) is 0 Å². The van der Waals surface area contributed by atoms with Crippen LogP contribution in [-0.2, 0) is 34.0 Å². The molecule has 2 atom stereocenters. The lowest BCUT2D eigenvalue weighted by Gasteiger charge is -2.27. The molecule has 0 radical (unpaired) electrons. The first kappa shape index (κ1) is 33.6. The maximum atomic E-state index is 11.5. The van der Waals surface area contributed by atoms with E-state index in [4.69, 9.17) is 28.4 Å². The first-order valence-electron chi connectivity index (χ1n) is 13.9. The molecule has 0 saturated carbocycles. The Morgan fingerprint density at radius 2 is 1.00 bits per heavy atom. The molecule has 2 rings (SSSR count). The predicted molar refractivity (Wildman–Crippen MR) is 158 cm³/mol. The third-order valence-electron chi connectivity index (χ3n) is 6.29. The lowest BCUT2D eigenvalue weighted by Crippen LogP contribution is -2.23. The minimum absolute atomic E-state index is 0.140. The predicted octanol–water partition coefficient (Wildman–Crippen LogP) is 6.51. The standard InChI is InChI=1S/C33H44O8/c1-9-29(36-19-21-38-31(34)23(3)4)40-27-15-11-25(12-16-27)33(7,8)26-13-17-28(18-14-26)41-30(10-2)37-20-22-39-32(35)24(5)6/h11-18,29-30H,3,5,9-10,19-22H2,1-2,4,6-8H3. The van der Waals surface area contributed by atoms with Gasteiger partial charge in [0.05, 0.1) is 13.2 Å². The average molecular weight is 569 g/mol. The van der Waals surface area contributed by atoms with Gasteiger partial charge in [-0.15, -0.1) is 0 Å². The van der Waals surface area contributed by atoms with Crippen LogP contribution in [0.15, 0.2) is 72.8 Å². The fourth-order valence-corrected chi connectivity index (χ4v) is 3.72. The van der Waals surface area contributed by atoms with E-state index in [9.17, 15) is 9.59 Å². The highest BCUT2D eigenvalue weighted by atomic mass is 16.7. The highest BCUT2D eigenvalue weighted by Gasteiger charge is 2.23. The third-order valence-corrected chi connectivity index (χ3v) is 6.29. The van der Waals surface area contributed by atoms with Gasteiger partial charge < -0.3 is 28.4 Å². The van der Waals surface area contributed by atoms with Crippen molar-refractivity contribution in [3.8, 4) is 11.5 Å². The second kappa shape index (κ2) is 16.6. The average Bonchev–Trinajstić information content (AvgIpc) is 2.96. The van der Waals surface area contributed by atoms with Gasteiger partial charge in [-0.25, -0.2) is 9.59 Å². The van der Waals surface area contributed by atoms with Crippen molar-refractivity contribution in [2.75, 3.05) is 26.4 Å². The normalized spacial score (nSPS) is 12.6. The number of benzene rings is 2. The summed E-state index contributed by atoms with van der Waals surface area (Å²) in [4.78, 5) is 23.0. The molecule has 0 spiro atoms. The summed E-state index contributed by atoms with van der Waals surface area (Å²) in [5.74, 6) is 0.522. The number of ether oxygens (including phenoxy) is 6. The second-order valence-electron chi connectivity index (χ2n) is 10.2. The molecule has 224 valence electrons. The van der Waals surface area contributed by atoms with Crippen molar-refractivity contribution < 1.29 is 38.0 Å². The number of esters is 2. The molecule has 0 aromatic heterocycles. The molecule has 0 aliphatic rings. The van der Waals surface area contributed by atoms with Gasteiger partial charge in [0.25, 0.3) is 0 Å².